The van der Waals surface area contributed by atoms with Crippen molar-refractivity contribution in [2.24, 2.45) is 7.05 Å². The van der Waals surface area contributed by atoms with Crippen molar-refractivity contribution >= 4 is 46.0 Å². The fraction of sp³-hybridized carbons (Fsp3) is 0.353. The van der Waals surface area contributed by atoms with Crippen LogP contribution in [-0.2, 0) is 11.8 Å². The van der Waals surface area contributed by atoms with Crippen LogP contribution in [0.25, 0.3) is 11.0 Å². The zero-order valence-electron chi connectivity index (χ0n) is 15.3. The highest BCUT2D eigenvalue weighted by Crippen LogP contribution is 2.29. The third kappa shape index (κ3) is 3.63. The van der Waals surface area contributed by atoms with Crippen molar-refractivity contribution < 1.29 is 4.79 Å². The molecule has 1 fully saturated rings. The van der Waals surface area contributed by atoms with Crippen LogP contribution >= 0.6 is 11.6 Å². The molecule has 0 spiro atoms. The highest BCUT2D eigenvalue weighted by atomic mass is 35.5. The van der Waals surface area contributed by atoms with E-state index in [0.717, 1.165) is 25.1 Å². The summed E-state index contributed by atoms with van der Waals surface area (Å²) in [6.07, 6.45) is 6.64. The van der Waals surface area contributed by atoms with Gasteiger partial charge in [0.2, 0.25) is 11.9 Å². The van der Waals surface area contributed by atoms with Crippen LogP contribution in [0.15, 0.2) is 25.0 Å². The molecule has 1 aliphatic heterocycles. The molecule has 4 rings (SSSR count). The number of aromatic nitrogens is 6. The maximum absolute atomic E-state index is 11.9. The van der Waals surface area contributed by atoms with Crippen molar-refractivity contribution in [2.75, 3.05) is 23.7 Å². The number of fused-ring (bicyclic) bond motifs is 1. The summed E-state index contributed by atoms with van der Waals surface area (Å²) < 4.78 is 1.68. The molecule has 3 N–H and O–H groups in total. The van der Waals surface area contributed by atoms with Gasteiger partial charge in [-0.2, -0.15) is 20.2 Å². The first-order valence-electron chi connectivity index (χ1n) is 8.88. The Morgan fingerprint density at radius 2 is 2.32 bits per heavy atom. The van der Waals surface area contributed by atoms with Gasteiger partial charge in [0, 0.05) is 32.4 Å². The molecular formula is C17H20ClN9O. The molecule has 1 atom stereocenters. The number of carbonyl (C=O) groups excluding carboxylic acids is 1. The van der Waals surface area contributed by atoms with Crippen molar-refractivity contribution in [3.05, 3.63) is 30.2 Å². The zero-order valence-corrected chi connectivity index (χ0v) is 16.1. The Morgan fingerprint density at radius 3 is 3.07 bits per heavy atom. The van der Waals surface area contributed by atoms with Crippen molar-refractivity contribution in [3.8, 4) is 0 Å². The minimum Gasteiger partial charge on any atom is -0.365 e. The predicted molar refractivity (Wildman–Crippen MR) is 107 cm³/mol. The fourth-order valence-electron chi connectivity index (χ4n) is 3.28. The van der Waals surface area contributed by atoms with Crippen LogP contribution in [0.2, 0.25) is 5.15 Å². The molecule has 10 nitrogen and oxygen atoms in total. The van der Waals surface area contributed by atoms with Gasteiger partial charge in [-0.3, -0.25) is 14.6 Å². The molecule has 0 unspecified atom stereocenters. The normalized spacial score (nSPS) is 16.9. The summed E-state index contributed by atoms with van der Waals surface area (Å²) in [6, 6.07) is 0.0351. The Kier molecular flexibility index (Phi) is 4.86. The summed E-state index contributed by atoms with van der Waals surface area (Å²) in [4.78, 5) is 22.7. The first-order valence-corrected chi connectivity index (χ1v) is 9.26. The first-order chi connectivity index (χ1) is 13.5. The molecule has 1 aliphatic rings. The van der Waals surface area contributed by atoms with Crippen LogP contribution < -0.4 is 10.6 Å². The van der Waals surface area contributed by atoms with E-state index in [1.807, 2.05) is 13.2 Å². The van der Waals surface area contributed by atoms with Crippen LogP contribution in [0.5, 0.6) is 0 Å². The number of hydrogen-bond acceptors (Lipinski definition) is 7. The number of hydrogen-bond donors (Lipinski definition) is 3. The molecular weight excluding hydrogens is 382 g/mol. The number of piperidine rings is 1. The van der Waals surface area contributed by atoms with Gasteiger partial charge in [0.25, 0.3) is 0 Å². The lowest BCUT2D eigenvalue weighted by atomic mass is 10.1. The molecule has 3 aromatic rings. The highest BCUT2D eigenvalue weighted by Gasteiger charge is 2.24. The van der Waals surface area contributed by atoms with E-state index in [-0.39, 0.29) is 11.9 Å². The average molecular weight is 402 g/mol. The lowest BCUT2D eigenvalue weighted by molar-refractivity contribution is -0.127. The number of amides is 1. The molecule has 0 bridgehead atoms. The van der Waals surface area contributed by atoms with Crippen molar-refractivity contribution in [1.82, 2.24) is 34.8 Å². The topological polar surface area (TPSA) is 117 Å². The van der Waals surface area contributed by atoms with Crippen LogP contribution in [0.3, 0.4) is 0 Å². The van der Waals surface area contributed by atoms with Crippen molar-refractivity contribution in [3.63, 3.8) is 0 Å². The second kappa shape index (κ2) is 7.47. The van der Waals surface area contributed by atoms with Crippen LogP contribution in [-0.4, -0.2) is 59.9 Å². The van der Waals surface area contributed by atoms with Gasteiger partial charge in [-0.1, -0.05) is 18.2 Å². The summed E-state index contributed by atoms with van der Waals surface area (Å²) in [6.45, 7) is 4.86. The van der Waals surface area contributed by atoms with Gasteiger partial charge in [0.05, 0.1) is 11.9 Å². The number of carbonyl (C=O) groups is 1. The van der Waals surface area contributed by atoms with Gasteiger partial charge in [0.15, 0.2) is 5.65 Å². The predicted octanol–water partition coefficient (Wildman–Crippen LogP) is 2.07. The second-order valence-corrected chi connectivity index (χ2v) is 7.01. The summed E-state index contributed by atoms with van der Waals surface area (Å²) in [5.41, 5.74) is 1.21. The molecule has 0 aliphatic carbocycles. The highest BCUT2D eigenvalue weighted by molar-refractivity contribution is 6.35. The van der Waals surface area contributed by atoms with Crippen molar-refractivity contribution in [1.29, 1.82) is 0 Å². The molecule has 28 heavy (non-hydrogen) atoms. The van der Waals surface area contributed by atoms with Gasteiger partial charge in [-0.05, 0) is 18.9 Å². The third-order valence-electron chi connectivity index (χ3n) is 4.58. The number of rotatable bonds is 5. The summed E-state index contributed by atoms with van der Waals surface area (Å²) in [5, 5.41) is 18.5. The molecule has 11 heteroatoms. The summed E-state index contributed by atoms with van der Waals surface area (Å²) in [7, 11) is 1.83. The number of aryl methyl sites for hydroxylation is 1. The smallest absolute Gasteiger partial charge is 0.246 e. The number of aromatic amines is 1. The number of H-pyrrole nitrogens is 1. The minimum absolute atomic E-state index is 0.0351. The van der Waals surface area contributed by atoms with Crippen LogP contribution in [0.1, 0.15) is 12.8 Å². The first kappa shape index (κ1) is 18.2. The van der Waals surface area contributed by atoms with E-state index >= 15 is 0 Å². The van der Waals surface area contributed by atoms with Gasteiger partial charge >= 0.3 is 0 Å². The third-order valence-corrected chi connectivity index (χ3v) is 4.85. The van der Waals surface area contributed by atoms with E-state index in [0.29, 0.717) is 34.5 Å². The quantitative estimate of drug-likeness (QED) is 0.560. The molecule has 4 heterocycles. The molecule has 0 radical (unpaired) electrons. The van der Waals surface area contributed by atoms with Crippen molar-refractivity contribution in [2.45, 2.75) is 18.9 Å². The van der Waals surface area contributed by atoms with E-state index < -0.39 is 0 Å². The minimum atomic E-state index is -0.0698. The monoisotopic (exact) mass is 401 g/mol. The van der Waals surface area contributed by atoms with Gasteiger partial charge < -0.3 is 15.5 Å². The van der Waals surface area contributed by atoms with E-state index in [4.69, 9.17) is 11.6 Å². The standard InChI is InChI=1S/C17H20ClN9O/c1-3-12(28)27-6-4-5-10(9-27)20-15-13-14(18)24-25-16(13)23-17(22-15)21-11-7-19-26(2)8-11/h3,7-8,10H,1,4-6,9H2,2H3,(H3,20,21,22,23,24,25)/t10-/m1/s1. The van der Waals surface area contributed by atoms with Crippen LogP contribution in [0.4, 0.5) is 17.5 Å². The van der Waals surface area contributed by atoms with Gasteiger partial charge in [-0.25, -0.2) is 0 Å². The average Bonchev–Trinajstić information content (AvgIpc) is 3.27. The molecule has 1 saturated heterocycles. The summed E-state index contributed by atoms with van der Waals surface area (Å²) in [5.74, 6) is 0.869. The Morgan fingerprint density at radius 1 is 1.46 bits per heavy atom. The lowest BCUT2D eigenvalue weighted by Gasteiger charge is -2.32. The van der Waals surface area contributed by atoms with E-state index in [1.54, 1.807) is 15.8 Å². The largest absolute Gasteiger partial charge is 0.365 e. The van der Waals surface area contributed by atoms with Gasteiger partial charge in [0.1, 0.15) is 16.4 Å². The maximum Gasteiger partial charge on any atom is 0.246 e. The Labute approximate surface area is 166 Å². The fourth-order valence-corrected chi connectivity index (χ4v) is 3.50. The number of nitrogens with zero attached hydrogens (tertiary/aromatic N) is 6. The van der Waals surface area contributed by atoms with E-state index in [2.05, 4.69) is 42.5 Å². The molecule has 1 amide bonds. The number of likely N-dealkylation sites (tertiary alicyclic amines) is 1. The number of halogens is 1. The lowest BCUT2D eigenvalue weighted by Crippen LogP contribution is -2.44. The molecule has 0 aromatic carbocycles. The molecule has 3 aromatic heterocycles. The van der Waals surface area contributed by atoms with Gasteiger partial charge in [-0.15, -0.1) is 0 Å². The Bertz CT molecular complexity index is 1030. The zero-order chi connectivity index (χ0) is 19.7. The molecule has 146 valence electrons. The Balaban J connectivity index is 1.62. The number of nitrogens with one attached hydrogen (secondary N) is 3. The Hall–Kier alpha value is -3.14. The maximum atomic E-state index is 11.9. The molecule has 0 saturated carbocycles. The summed E-state index contributed by atoms with van der Waals surface area (Å²) >= 11 is 6.26. The second-order valence-electron chi connectivity index (χ2n) is 6.63. The van der Waals surface area contributed by atoms with E-state index in [9.17, 15) is 4.79 Å². The SMILES string of the molecule is C=CC(=O)N1CCC[C@@H](Nc2nc(Nc3cnn(C)c3)nc3n[nH]c(Cl)c23)C1. The van der Waals surface area contributed by atoms with Crippen LogP contribution in [0, 0.1) is 0 Å². The van der Waals surface area contributed by atoms with E-state index in [1.165, 1.54) is 6.08 Å². The number of anilines is 3.